The Kier molecular flexibility index (Phi) is 5.01. The topological polar surface area (TPSA) is 45.6 Å². The van der Waals surface area contributed by atoms with Crippen molar-refractivity contribution in [1.82, 2.24) is 5.32 Å². The quantitative estimate of drug-likeness (QED) is 0.734. The summed E-state index contributed by atoms with van der Waals surface area (Å²) < 4.78 is 0. The first-order chi connectivity index (χ1) is 11.2. The fraction of sp³-hybridized carbons (Fsp3) is 0.526. The summed E-state index contributed by atoms with van der Waals surface area (Å²) in [5, 5.41) is 6.15. The summed E-state index contributed by atoms with van der Waals surface area (Å²) in [4.78, 5) is 14.0. The highest BCUT2D eigenvalue weighted by Crippen LogP contribution is 2.22. The predicted molar refractivity (Wildman–Crippen MR) is 93.8 cm³/mol. The van der Waals surface area contributed by atoms with E-state index in [0.717, 1.165) is 30.6 Å². The van der Waals surface area contributed by atoms with Crippen LogP contribution in [0.5, 0.6) is 0 Å². The lowest BCUT2D eigenvalue weighted by molar-refractivity contribution is -0.955. The number of quaternary nitrogens is 1. The zero-order chi connectivity index (χ0) is 16.2. The molecule has 0 aromatic heterocycles. The van der Waals surface area contributed by atoms with Gasteiger partial charge in [0.25, 0.3) is 0 Å². The fourth-order valence-electron chi connectivity index (χ4n) is 4.33. The summed E-state index contributed by atoms with van der Waals surface area (Å²) in [5.41, 5.74) is 2.01. The van der Waals surface area contributed by atoms with Gasteiger partial charge in [0.2, 0.25) is 0 Å². The van der Waals surface area contributed by atoms with Gasteiger partial charge in [0.1, 0.15) is 0 Å². The number of piperidine rings is 2. The Hall–Kier alpha value is -1.81. The molecule has 0 aliphatic carbocycles. The van der Waals surface area contributed by atoms with Gasteiger partial charge in [-0.3, -0.25) is 0 Å². The van der Waals surface area contributed by atoms with Crippen LogP contribution in [0.1, 0.15) is 37.7 Å². The van der Waals surface area contributed by atoms with Gasteiger partial charge in [-0.2, -0.15) is 0 Å². The zero-order valence-corrected chi connectivity index (χ0v) is 14.0. The van der Waals surface area contributed by atoms with E-state index in [4.69, 9.17) is 0 Å². The monoisotopic (exact) mass is 314 g/mol. The van der Waals surface area contributed by atoms with E-state index in [-0.39, 0.29) is 6.03 Å². The molecule has 2 aliphatic rings. The van der Waals surface area contributed by atoms with E-state index >= 15 is 0 Å². The minimum atomic E-state index is -0.0779. The van der Waals surface area contributed by atoms with Gasteiger partial charge in [-0.1, -0.05) is 18.7 Å². The Bertz CT molecular complexity index is 557. The molecule has 23 heavy (non-hydrogen) atoms. The number of amides is 2. The largest absolute Gasteiger partial charge is 0.335 e. The second-order valence-electron chi connectivity index (χ2n) is 7.03. The van der Waals surface area contributed by atoms with E-state index in [1.807, 2.05) is 37.3 Å². The smallest absolute Gasteiger partial charge is 0.319 e. The maximum atomic E-state index is 12.3. The van der Waals surface area contributed by atoms with Gasteiger partial charge in [-0.25, -0.2) is 4.79 Å². The van der Waals surface area contributed by atoms with E-state index in [9.17, 15) is 4.79 Å². The van der Waals surface area contributed by atoms with Gasteiger partial charge >= 0.3 is 6.03 Å². The minimum absolute atomic E-state index is 0.0779. The number of hydrogen-bond donors (Lipinski definition) is 3. The summed E-state index contributed by atoms with van der Waals surface area (Å²) in [5.74, 6) is 0. The van der Waals surface area contributed by atoms with Crippen LogP contribution in [-0.2, 0) is 0 Å². The molecule has 4 nitrogen and oxygen atoms in total. The summed E-state index contributed by atoms with van der Waals surface area (Å²) in [6.45, 7) is 6.99. The molecule has 2 bridgehead atoms. The van der Waals surface area contributed by atoms with Crippen molar-refractivity contribution in [3.8, 4) is 0 Å². The standard InChI is InChI=1S/C19H27N3O/c1-3-10-22-17-8-5-9-18(22)13-16(12-17)21-19(23)20-15-7-4-6-14(2)11-15/h3-4,6-7,11,16-18H,1,5,8-10,12-13H2,2H3,(H2,20,21,23)/p+1/t16?,17-,18+. The molecule has 0 spiro atoms. The van der Waals surface area contributed by atoms with Crippen molar-refractivity contribution < 1.29 is 9.69 Å². The maximum absolute atomic E-state index is 12.3. The highest BCUT2D eigenvalue weighted by molar-refractivity contribution is 5.89. The summed E-state index contributed by atoms with van der Waals surface area (Å²) in [6.07, 6.45) is 8.09. The number of fused-ring (bicyclic) bond motifs is 2. The van der Waals surface area contributed by atoms with Crippen molar-refractivity contribution in [1.29, 1.82) is 0 Å². The van der Waals surface area contributed by atoms with E-state index in [2.05, 4.69) is 17.2 Å². The van der Waals surface area contributed by atoms with Crippen molar-refractivity contribution in [3.63, 3.8) is 0 Å². The molecule has 124 valence electrons. The van der Waals surface area contributed by atoms with Gasteiger partial charge in [-0.05, 0) is 50.0 Å². The second-order valence-corrected chi connectivity index (χ2v) is 7.03. The van der Waals surface area contributed by atoms with Crippen LogP contribution in [0.3, 0.4) is 0 Å². The van der Waals surface area contributed by atoms with Crippen molar-refractivity contribution in [3.05, 3.63) is 42.5 Å². The fourth-order valence-corrected chi connectivity index (χ4v) is 4.33. The Morgan fingerprint density at radius 2 is 2.09 bits per heavy atom. The average Bonchev–Trinajstić information content (AvgIpc) is 2.48. The third-order valence-corrected chi connectivity index (χ3v) is 5.28. The molecule has 1 aromatic carbocycles. The van der Waals surface area contributed by atoms with Gasteiger partial charge in [-0.15, -0.1) is 0 Å². The molecule has 2 saturated heterocycles. The van der Waals surface area contributed by atoms with Crippen molar-refractivity contribution in [2.45, 2.75) is 57.2 Å². The number of carbonyl (C=O) groups excluding carboxylic acids is 1. The van der Waals surface area contributed by atoms with Gasteiger partial charge in [0.15, 0.2) is 0 Å². The lowest BCUT2D eigenvalue weighted by Crippen LogP contribution is -3.21. The Labute approximate surface area is 138 Å². The molecule has 2 fully saturated rings. The Morgan fingerprint density at radius 1 is 1.35 bits per heavy atom. The first kappa shape index (κ1) is 16.1. The number of urea groups is 1. The van der Waals surface area contributed by atoms with Gasteiger partial charge in [0.05, 0.1) is 18.6 Å². The average molecular weight is 314 g/mol. The van der Waals surface area contributed by atoms with Crippen LogP contribution in [0, 0.1) is 6.92 Å². The molecule has 0 radical (unpaired) electrons. The number of carbonyl (C=O) groups is 1. The predicted octanol–water partition coefficient (Wildman–Crippen LogP) is 2.27. The molecular formula is C19H28N3O+. The van der Waals surface area contributed by atoms with E-state index in [1.54, 1.807) is 4.90 Å². The molecule has 0 saturated carbocycles. The van der Waals surface area contributed by atoms with E-state index in [1.165, 1.54) is 19.3 Å². The minimum Gasteiger partial charge on any atom is -0.335 e. The van der Waals surface area contributed by atoms with Crippen LogP contribution in [0.25, 0.3) is 0 Å². The lowest BCUT2D eigenvalue weighted by atomic mass is 9.82. The van der Waals surface area contributed by atoms with Gasteiger partial charge in [0, 0.05) is 24.6 Å². The molecular weight excluding hydrogens is 286 g/mol. The zero-order valence-electron chi connectivity index (χ0n) is 14.0. The van der Waals surface area contributed by atoms with Crippen LogP contribution in [0.15, 0.2) is 36.9 Å². The van der Waals surface area contributed by atoms with Crippen LogP contribution >= 0.6 is 0 Å². The van der Waals surface area contributed by atoms with Crippen LogP contribution in [-0.4, -0.2) is 30.7 Å². The van der Waals surface area contributed by atoms with Crippen LogP contribution in [0.4, 0.5) is 10.5 Å². The van der Waals surface area contributed by atoms with Gasteiger partial charge < -0.3 is 15.5 Å². The van der Waals surface area contributed by atoms with Crippen molar-refractivity contribution in [2.24, 2.45) is 0 Å². The Balaban J connectivity index is 1.56. The Morgan fingerprint density at radius 3 is 2.74 bits per heavy atom. The molecule has 4 heteroatoms. The number of anilines is 1. The second kappa shape index (κ2) is 7.18. The summed E-state index contributed by atoms with van der Waals surface area (Å²) >= 11 is 0. The van der Waals surface area contributed by atoms with E-state index < -0.39 is 0 Å². The number of aryl methyl sites for hydroxylation is 1. The molecule has 2 heterocycles. The van der Waals surface area contributed by atoms with E-state index in [0.29, 0.717) is 18.1 Å². The molecule has 4 atom stereocenters. The SMILES string of the molecule is C=CC[NH+]1[C@@H]2CCC[C@H]1CC(NC(=O)Nc1cccc(C)c1)C2. The molecule has 2 unspecified atom stereocenters. The highest BCUT2D eigenvalue weighted by Gasteiger charge is 2.41. The third-order valence-electron chi connectivity index (χ3n) is 5.28. The van der Waals surface area contributed by atoms with Crippen LogP contribution < -0.4 is 15.5 Å². The first-order valence-electron chi connectivity index (χ1n) is 8.76. The van der Waals surface area contributed by atoms with Crippen molar-refractivity contribution >= 4 is 11.7 Å². The number of hydrogen-bond acceptors (Lipinski definition) is 1. The normalized spacial score (nSPS) is 29.6. The first-order valence-corrected chi connectivity index (χ1v) is 8.76. The van der Waals surface area contributed by atoms with Crippen LogP contribution in [0.2, 0.25) is 0 Å². The molecule has 2 aliphatic heterocycles. The molecule has 2 amide bonds. The third kappa shape index (κ3) is 3.94. The summed E-state index contributed by atoms with van der Waals surface area (Å²) in [7, 11) is 0. The molecule has 3 rings (SSSR count). The summed E-state index contributed by atoms with van der Waals surface area (Å²) in [6, 6.07) is 9.47. The maximum Gasteiger partial charge on any atom is 0.319 e. The lowest BCUT2D eigenvalue weighted by Gasteiger charge is -2.45. The number of rotatable bonds is 4. The number of benzene rings is 1. The molecule has 3 N–H and O–H groups in total. The van der Waals surface area contributed by atoms with Crippen molar-refractivity contribution in [2.75, 3.05) is 11.9 Å². The number of nitrogens with one attached hydrogen (secondary N) is 3. The highest BCUT2D eigenvalue weighted by atomic mass is 16.2. The molecule has 1 aromatic rings.